The first-order valence-electron chi connectivity index (χ1n) is 5.82. The van der Waals surface area contributed by atoms with E-state index < -0.39 is 6.09 Å². The van der Waals surface area contributed by atoms with Crippen LogP contribution < -0.4 is 5.32 Å². The van der Waals surface area contributed by atoms with Gasteiger partial charge >= 0.3 is 6.09 Å². The standard InChI is InChI=1S/C13H14N2O2/c16-13(17)14-8-5-6-12-10(7-8)9-3-1-2-4-11(9)15-12/h1-4,8,14-15H,5-7H2,(H,16,17)/t8-/m0/s1. The number of para-hydroxylation sites is 1. The van der Waals surface area contributed by atoms with Crippen LogP contribution in [0.2, 0.25) is 0 Å². The number of hydrogen-bond donors (Lipinski definition) is 3. The third-order valence-electron chi connectivity index (χ3n) is 3.42. The van der Waals surface area contributed by atoms with Crippen LogP contribution in [0, 0.1) is 0 Å². The van der Waals surface area contributed by atoms with Crippen LogP contribution >= 0.6 is 0 Å². The first-order valence-corrected chi connectivity index (χ1v) is 5.82. The van der Waals surface area contributed by atoms with Gasteiger partial charge in [0.15, 0.2) is 0 Å². The zero-order chi connectivity index (χ0) is 11.8. The van der Waals surface area contributed by atoms with Crippen molar-refractivity contribution in [3.05, 3.63) is 35.5 Å². The fourth-order valence-corrected chi connectivity index (χ4v) is 2.67. The quantitative estimate of drug-likeness (QED) is 0.703. The van der Waals surface area contributed by atoms with Gasteiger partial charge in [-0.3, -0.25) is 0 Å². The van der Waals surface area contributed by atoms with Crippen molar-refractivity contribution in [3.63, 3.8) is 0 Å². The number of amides is 1. The molecule has 17 heavy (non-hydrogen) atoms. The second kappa shape index (κ2) is 3.80. The number of carbonyl (C=O) groups is 1. The predicted molar refractivity (Wildman–Crippen MR) is 65.3 cm³/mol. The van der Waals surface area contributed by atoms with Gasteiger partial charge in [0.2, 0.25) is 0 Å². The van der Waals surface area contributed by atoms with E-state index in [2.05, 4.69) is 22.4 Å². The van der Waals surface area contributed by atoms with Gasteiger partial charge < -0.3 is 15.4 Å². The number of aromatic nitrogens is 1. The van der Waals surface area contributed by atoms with Gasteiger partial charge in [-0.1, -0.05) is 18.2 Å². The number of benzene rings is 1. The third-order valence-corrected chi connectivity index (χ3v) is 3.42. The van der Waals surface area contributed by atoms with Gasteiger partial charge in [-0.2, -0.15) is 0 Å². The number of aryl methyl sites for hydroxylation is 1. The fourth-order valence-electron chi connectivity index (χ4n) is 2.67. The molecule has 1 atom stereocenters. The van der Waals surface area contributed by atoms with Gasteiger partial charge in [0.1, 0.15) is 0 Å². The number of carboxylic acid groups (broad SMARTS) is 1. The maximum atomic E-state index is 10.7. The summed E-state index contributed by atoms with van der Waals surface area (Å²) in [5, 5.41) is 12.6. The molecular formula is C13H14N2O2. The lowest BCUT2D eigenvalue weighted by Crippen LogP contribution is -2.37. The van der Waals surface area contributed by atoms with Crippen LogP contribution in [0.4, 0.5) is 4.79 Å². The Morgan fingerprint density at radius 1 is 1.41 bits per heavy atom. The SMILES string of the molecule is O=C(O)N[C@H]1CCc2[nH]c3ccccc3c2C1. The molecule has 1 aromatic heterocycles. The molecule has 0 bridgehead atoms. The molecule has 0 saturated carbocycles. The van der Waals surface area contributed by atoms with Crippen LogP contribution in [0.3, 0.4) is 0 Å². The fraction of sp³-hybridized carbons (Fsp3) is 0.308. The molecule has 2 aromatic rings. The zero-order valence-corrected chi connectivity index (χ0v) is 9.36. The highest BCUT2D eigenvalue weighted by molar-refractivity contribution is 5.85. The summed E-state index contributed by atoms with van der Waals surface area (Å²) in [6.45, 7) is 0. The van der Waals surface area contributed by atoms with Crippen LogP contribution in [0.25, 0.3) is 10.9 Å². The maximum Gasteiger partial charge on any atom is 0.404 e. The molecule has 3 rings (SSSR count). The summed E-state index contributed by atoms with van der Waals surface area (Å²) in [5.74, 6) is 0. The topological polar surface area (TPSA) is 65.1 Å². The van der Waals surface area contributed by atoms with Crippen LogP contribution in [-0.2, 0) is 12.8 Å². The second-order valence-electron chi connectivity index (χ2n) is 4.52. The Morgan fingerprint density at radius 2 is 2.24 bits per heavy atom. The summed E-state index contributed by atoms with van der Waals surface area (Å²) in [4.78, 5) is 14.1. The lowest BCUT2D eigenvalue weighted by molar-refractivity contribution is 0.188. The second-order valence-corrected chi connectivity index (χ2v) is 4.52. The van der Waals surface area contributed by atoms with Crippen LogP contribution in [-0.4, -0.2) is 22.2 Å². The minimum absolute atomic E-state index is 0.0409. The van der Waals surface area contributed by atoms with Crippen LogP contribution in [0.1, 0.15) is 17.7 Å². The molecule has 3 N–H and O–H groups in total. The molecule has 1 aliphatic rings. The van der Waals surface area contributed by atoms with Crippen molar-refractivity contribution in [1.82, 2.24) is 10.3 Å². The molecule has 88 valence electrons. The van der Waals surface area contributed by atoms with Gasteiger partial charge in [0, 0.05) is 22.6 Å². The first-order chi connectivity index (χ1) is 8.24. The number of hydrogen-bond acceptors (Lipinski definition) is 1. The Kier molecular flexibility index (Phi) is 2.28. The molecule has 1 aliphatic carbocycles. The Labute approximate surface area is 98.6 Å². The van der Waals surface area contributed by atoms with E-state index in [4.69, 9.17) is 5.11 Å². The number of aromatic amines is 1. The van der Waals surface area contributed by atoms with Gasteiger partial charge in [-0.25, -0.2) is 4.79 Å². The normalized spacial score (nSPS) is 18.9. The van der Waals surface area contributed by atoms with E-state index in [1.165, 1.54) is 16.6 Å². The van der Waals surface area contributed by atoms with Gasteiger partial charge in [0.05, 0.1) is 0 Å². The van der Waals surface area contributed by atoms with Crippen molar-refractivity contribution in [2.45, 2.75) is 25.3 Å². The molecule has 0 saturated heterocycles. The molecule has 0 unspecified atom stereocenters. The predicted octanol–water partition coefficient (Wildman–Crippen LogP) is 2.29. The Balaban J connectivity index is 1.97. The van der Waals surface area contributed by atoms with E-state index in [1.807, 2.05) is 12.1 Å². The van der Waals surface area contributed by atoms with Crippen molar-refractivity contribution >= 4 is 17.0 Å². The van der Waals surface area contributed by atoms with Crippen molar-refractivity contribution < 1.29 is 9.90 Å². The minimum Gasteiger partial charge on any atom is -0.465 e. The Bertz CT molecular complexity index is 574. The summed E-state index contributed by atoms with van der Waals surface area (Å²) in [6.07, 6.45) is 1.63. The largest absolute Gasteiger partial charge is 0.465 e. The van der Waals surface area contributed by atoms with E-state index in [-0.39, 0.29) is 6.04 Å². The van der Waals surface area contributed by atoms with E-state index in [0.29, 0.717) is 0 Å². The van der Waals surface area contributed by atoms with E-state index in [9.17, 15) is 4.79 Å². The number of H-pyrrole nitrogens is 1. The summed E-state index contributed by atoms with van der Waals surface area (Å²) in [7, 11) is 0. The average molecular weight is 230 g/mol. The third kappa shape index (κ3) is 1.75. The number of rotatable bonds is 1. The van der Waals surface area contributed by atoms with Gasteiger partial charge in [0.25, 0.3) is 0 Å². The van der Waals surface area contributed by atoms with E-state index in [0.717, 1.165) is 24.8 Å². The smallest absolute Gasteiger partial charge is 0.404 e. The summed E-state index contributed by atoms with van der Waals surface area (Å²) >= 11 is 0. The monoisotopic (exact) mass is 230 g/mol. The molecular weight excluding hydrogens is 216 g/mol. The molecule has 0 radical (unpaired) electrons. The molecule has 0 spiro atoms. The maximum absolute atomic E-state index is 10.7. The molecule has 0 aliphatic heterocycles. The highest BCUT2D eigenvalue weighted by atomic mass is 16.4. The lowest BCUT2D eigenvalue weighted by atomic mass is 9.91. The minimum atomic E-state index is -0.932. The Hall–Kier alpha value is -1.97. The molecule has 4 nitrogen and oxygen atoms in total. The van der Waals surface area contributed by atoms with E-state index in [1.54, 1.807) is 0 Å². The summed E-state index contributed by atoms with van der Waals surface area (Å²) in [6, 6.07) is 8.22. The zero-order valence-electron chi connectivity index (χ0n) is 9.36. The highest BCUT2D eigenvalue weighted by Gasteiger charge is 2.23. The lowest BCUT2D eigenvalue weighted by Gasteiger charge is -2.22. The van der Waals surface area contributed by atoms with Crippen LogP contribution in [0.5, 0.6) is 0 Å². The molecule has 1 aromatic carbocycles. The Morgan fingerprint density at radius 3 is 3.06 bits per heavy atom. The van der Waals surface area contributed by atoms with E-state index >= 15 is 0 Å². The molecule has 1 heterocycles. The van der Waals surface area contributed by atoms with Crippen molar-refractivity contribution in [2.75, 3.05) is 0 Å². The molecule has 0 fully saturated rings. The van der Waals surface area contributed by atoms with Gasteiger partial charge in [-0.05, 0) is 30.9 Å². The van der Waals surface area contributed by atoms with Gasteiger partial charge in [-0.15, -0.1) is 0 Å². The van der Waals surface area contributed by atoms with Crippen molar-refractivity contribution in [1.29, 1.82) is 0 Å². The van der Waals surface area contributed by atoms with Crippen LogP contribution in [0.15, 0.2) is 24.3 Å². The summed E-state index contributed by atoms with van der Waals surface area (Å²) < 4.78 is 0. The number of fused-ring (bicyclic) bond motifs is 3. The average Bonchev–Trinajstić information content (AvgIpc) is 2.66. The highest BCUT2D eigenvalue weighted by Crippen LogP contribution is 2.28. The summed E-state index contributed by atoms with van der Waals surface area (Å²) in [5.41, 5.74) is 3.67. The number of nitrogens with one attached hydrogen (secondary N) is 2. The van der Waals surface area contributed by atoms with Crippen molar-refractivity contribution in [2.24, 2.45) is 0 Å². The molecule has 4 heteroatoms. The molecule has 1 amide bonds. The first kappa shape index (κ1) is 10.2. The van der Waals surface area contributed by atoms with Crippen molar-refractivity contribution in [3.8, 4) is 0 Å².